The second kappa shape index (κ2) is 36.2. The molecule has 0 saturated carbocycles. The minimum absolute atomic E-state index is 0.00465. The number of rotatable bonds is 21. The Morgan fingerprint density at radius 1 is 0.844 bits per heavy atom. The van der Waals surface area contributed by atoms with Crippen molar-refractivity contribution in [2.24, 2.45) is 23.5 Å². The number of amides is 6. The molecular formula is C56H91N7O14. The minimum atomic E-state index is -1.22. The van der Waals surface area contributed by atoms with Crippen molar-refractivity contribution in [3.63, 3.8) is 0 Å². The number of ether oxygens (including phenoxy) is 6. The normalized spacial score (nSPS) is 24.9. The van der Waals surface area contributed by atoms with Crippen molar-refractivity contribution in [3.8, 4) is 0 Å². The Morgan fingerprint density at radius 2 is 1.47 bits per heavy atom. The van der Waals surface area contributed by atoms with Crippen LogP contribution in [-0.4, -0.2) is 173 Å². The van der Waals surface area contributed by atoms with Crippen LogP contribution in [0.25, 0.3) is 0 Å². The Hall–Kier alpha value is -5.90. The molecule has 77 heavy (non-hydrogen) atoms. The van der Waals surface area contributed by atoms with Gasteiger partial charge in [-0.3, -0.25) is 24.0 Å². The average molecular weight is 1090 g/mol. The summed E-state index contributed by atoms with van der Waals surface area (Å²) in [6.45, 7) is 20.0. The molecule has 6 N–H and O–H groups in total. The largest absolute Gasteiger partial charge is 0.458 e. The number of hydrogen-bond acceptors (Lipinski definition) is 15. The first-order valence-corrected chi connectivity index (χ1v) is 27.1. The maximum atomic E-state index is 14.3. The van der Waals surface area contributed by atoms with Crippen molar-refractivity contribution in [2.75, 3.05) is 73.4 Å². The van der Waals surface area contributed by atoms with E-state index in [1.165, 1.54) is 44.7 Å². The molecule has 0 spiro atoms. The standard InChI is InChI=1S/C56H91N7O14/c1-13-37(5)49-51(66)60-42(10)55(70)77-50(38(6)14-2)40(8)46(76-56(71)58-25-19-27-73-29-31-74-30-28-72-26-18-24-57)23-22-39(7)54(69)75-44(32-36(3)4)34-47(64)59-41(9)52(67)63(12)45(33-43-20-16-15-17-21-43)53(68)62(11)35-48(65)61-49/h14-17,20-22,36-37,40-42,44-46,49-50H,13,18-19,23-35,57H2,1-12H3,(H,58,71)(H,59,64)(H,60,66)(H,61,65)/b38-14+,39-22+/t37?,40-,41-,42-,44+,45+,46-,49-,50+/m0/s1. The van der Waals surface area contributed by atoms with Gasteiger partial charge in [0.1, 0.15) is 42.5 Å². The van der Waals surface area contributed by atoms with E-state index in [-0.39, 0.29) is 37.3 Å². The number of carbonyl (C=O) groups excluding carboxylic acids is 8. The van der Waals surface area contributed by atoms with Crippen molar-refractivity contribution in [2.45, 2.75) is 157 Å². The maximum absolute atomic E-state index is 14.3. The molecule has 0 aliphatic carbocycles. The highest BCUT2D eigenvalue weighted by molar-refractivity contribution is 5.95. The van der Waals surface area contributed by atoms with E-state index in [9.17, 15) is 38.4 Å². The number of alkyl carbamates (subject to hydrolysis) is 1. The van der Waals surface area contributed by atoms with Gasteiger partial charge in [0.25, 0.3) is 0 Å². The van der Waals surface area contributed by atoms with E-state index in [2.05, 4.69) is 21.3 Å². The van der Waals surface area contributed by atoms with E-state index in [1.807, 2.05) is 26.8 Å². The van der Waals surface area contributed by atoms with Gasteiger partial charge in [-0.1, -0.05) is 83.5 Å². The number of benzene rings is 1. The minimum Gasteiger partial charge on any atom is -0.458 e. The van der Waals surface area contributed by atoms with Gasteiger partial charge in [-0.15, -0.1) is 0 Å². The molecule has 0 radical (unpaired) electrons. The molecule has 0 aromatic heterocycles. The lowest BCUT2D eigenvalue weighted by Gasteiger charge is -2.33. The van der Waals surface area contributed by atoms with Crippen LogP contribution in [-0.2, 0) is 68.4 Å². The number of allylic oxidation sites excluding steroid dienone is 1. The van der Waals surface area contributed by atoms with Gasteiger partial charge in [-0.2, -0.15) is 0 Å². The Balaban J connectivity index is 2.52. The predicted octanol–water partition coefficient (Wildman–Crippen LogP) is 4.15. The Kier molecular flexibility index (Phi) is 31.6. The summed E-state index contributed by atoms with van der Waals surface area (Å²) in [6, 6.07) is 4.43. The number of nitrogens with two attached hydrogens (primary N) is 1. The molecule has 1 aliphatic heterocycles. The van der Waals surface area contributed by atoms with Crippen molar-refractivity contribution >= 4 is 47.6 Å². The number of nitrogens with zero attached hydrogens (tertiary/aromatic N) is 2. The van der Waals surface area contributed by atoms with E-state index in [4.69, 9.17) is 34.2 Å². The van der Waals surface area contributed by atoms with Gasteiger partial charge in [0.2, 0.25) is 29.5 Å². The summed E-state index contributed by atoms with van der Waals surface area (Å²) in [5.41, 5.74) is 6.96. The molecule has 21 heteroatoms. The summed E-state index contributed by atoms with van der Waals surface area (Å²) in [7, 11) is 2.86. The van der Waals surface area contributed by atoms with Crippen LogP contribution in [0.2, 0.25) is 0 Å². The topological polar surface area (TPSA) is 273 Å². The van der Waals surface area contributed by atoms with E-state index < -0.39 is 108 Å². The Bertz CT molecular complexity index is 2090. The highest BCUT2D eigenvalue weighted by Gasteiger charge is 2.37. The van der Waals surface area contributed by atoms with E-state index in [0.717, 1.165) is 12.0 Å². The molecule has 0 saturated heterocycles. The van der Waals surface area contributed by atoms with Gasteiger partial charge >= 0.3 is 18.0 Å². The van der Waals surface area contributed by atoms with E-state index >= 15 is 0 Å². The van der Waals surface area contributed by atoms with Crippen LogP contribution >= 0.6 is 0 Å². The molecule has 0 fully saturated rings. The summed E-state index contributed by atoms with van der Waals surface area (Å²) in [5, 5.41) is 10.9. The molecule has 1 unspecified atom stereocenters. The smallest absolute Gasteiger partial charge is 0.407 e. The average Bonchev–Trinajstić information content (AvgIpc) is 3.39. The van der Waals surface area contributed by atoms with Crippen LogP contribution in [0.5, 0.6) is 0 Å². The van der Waals surface area contributed by atoms with Gasteiger partial charge in [0, 0.05) is 58.2 Å². The number of cyclic esters (lactones) is 2. The Labute approximate surface area is 456 Å². The van der Waals surface area contributed by atoms with Crippen molar-refractivity contribution in [3.05, 3.63) is 59.2 Å². The molecule has 2 rings (SSSR count). The van der Waals surface area contributed by atoms with Crippen molar-refractivity contribution in [1.82, 2.24) is 31.1 Å². The predicted molar refractivity (Wildman–Crippen MR) is 291 cm³/mol. The lowest BCUT2D eigenvalue weighted by atomic mass is 9.90. The van der Waals surface area contributed by atoms with Gasteiger partial charge in [-0.25, -0.2) is 14.4 Å². The highest BCUT2D eigenvalue weighted by Crippen LogP contribution is 2.26. The molecule has 0 bridgehead atoms. The third-order valence-corrected chi connectivity index (χ3v) is 13.2. The molecule has 434 valence electrons. The fourth-order valence-electron chi connectivity index (χ4n) is 8.25. The molecular weight excluding hydrogens is 995 g/mol. The second-order valence-electron chi connectivity index (χ2n) is 20.2. The van der Waals surface area contributed by atoms with Crippen LogP contribution < -0.4 is 27.0 Å². The van der Waals surface area contributed by atoms with Crippen LogP contribution in [0.1, 0.15) is 113 Å². The lowest BCUT2D eigenvalue weighted by Crippen LogP contribution is -2.57. The monoisotopic (exact) mass is 1090 g/mol. The number of likely N-dealkylation sites (N-methyl/N-ethyl adjacent to an activating group) is 2. The van der Waals surface area contributed by atoms with Crippen LogP contribution in [0.15, 0.2) is 53.6 Å². The van der Waals surface area contributed by atoms with Crippen molar-refractivity contribution in [1.29, 1.82) is 0 Å². The van der Waals surface area contributed by atoms with Crippen LogP contribution in [0.3, 0.4) is 0 Å². The highest BCUT2D eigenvalue weighted by atomic mass is 16.6. The van der Waals surface area contributed by atoms with Gasteiger partial charge < -0.3 is 65.2 Å². The Morgan fingerprint density at radius 3 is 2.06 bits per heavy atom. The molecule has 1 heterocycles. The quantitative estimate of drug-likeness (QED) is 0.0501. The molecule has 1 aromatic carbocycles. The van der Waals surface area contributed by atoms with Crippen molar-refractivity contribution < 1.29 is 66.8 Å². The number of esters is 2. The summed E-state index contributed by atoms with van der Waals surface area (Å²) < 4.78 is 34.6. The fraction of sp³-hybridized carbons (Fsp3) is 0.679. The fourth-order valence-corrected chi connectivity index (χ4v) is 8.25. The molecule has 6 amide bonds. The van der Waals surface area contributed by atoms with Gasteiger partial charge in [0.15, 0.2) is 0 Å². The third-order valence-electron chi connectivity index (χ3n) is 13.2. The lowest BCUT2D eigenvalue weighted by molar-refractivity contribution is -0.155. The second-order valence-corrected chi connectivity index (χ2v) is 20.2. The summed E-state index contributed by atoms with van der Waals surface area (Å²) in [6.07, 6.45) is 1.41. The zero-order valence-electron chi connectivity index (χ0n) is 47.8. The SMILES string of the molecule is C/C=C(\C)[C@H]1OC(=O)[C@H](C)NC(=O)[C@H](C(C)CC)NC(=O)CN(C)C(=O)[C@@H](Cc2ccccc2)N(C)C(=O)[C@H](C)NC(=O)C[C@@H](CC(C)C)OC(=O)/C(C)=C/C[C@H](OC(=O)NCCCOCCOCCOCCCN)[C@@H]1C. The summed E-state index contributed by atoms with van der Waals surface area (Å²) >= 11 is 0. The number of hydrogen-bond donors (Lipinski definition) is 5. The molecule has 1 aliphatic rings. The first-order valence-electron chi connectivity index (χ1n) is 27.1. The zero-order valence-corrected chi connectivity index (χ0v) is 47.8. The molecule has 21 nitrogen and oxygen atoms in total. The first-order chi connectivity index (χ1) is 36.5. The van der Waals surface area contributed by atoms with Crippen LogP contribution in [0, 0.1) is 17.8 Å². The molecule has 9 atom stereocenters. The molecule has 1 aromatic rings. The number of nitrogens with one attached hydrogen (secondary N) is 4. The zero-order chi connectivity index (χ0) is 57.6. The summed E-state index contributed by atoms with van der Waals surface area (Å²) in [4.78, 5) is 113. The van der Waals surface area contributed by atoms with Gasteiger partial charge in [-0.05, 0) is 83.4 Å². The number of carbonyl (C=O) groups is 8. The van der Waals surface area contributed by atoms with Crippen LogP contribution in [0.4, 0.5) is 4.79 Å². The summed E-state index contributed by atoms with van der Waals surface area (Å²) in [5.74, 6) is -5.77. The third kappa shape index (κ3) is 25.0. The van der Waals surface area contributed by atoms with E-state index in [0.29, 0.717) is 71.0 Å². The maximum Gasteiger partial charge on any atom is 0.407 e. The van der Waals surface area contributed by atoms with E-state index in [1.54, 1.807) is 64.1 Å². The first kappa shape index (κ1) is 67.2. The van der Waals surface area contributed by atoms with Gasteiger partial charge in [0.05, 0.1) is 39.4 Å².